The monoisotopic (exact) mass is 284 g/mol. The fourth-order valence-electron chi connectivity index (χ4n) is 1.64. The van der Waals surface area contributed by atoms with E-state index in [9.17, 15) is 9.90 Å². The minimum atomic E-state index is -0.127. The Morgan fingerprint density at radius 3 is 2.63 bits per heavy atom. The van der Waals surface area contributed by atoms with Gasteiger partial charge in [-0.25, -0.2) is 0 Å². The molecule has 0 radical (unpaired) electrons. The molecule has 0 aliphatic heterocycles. The molecule has 5 heteroatoms. The van der Waals surface area contributed by atoms with E-state index < -0.39 is 0 Å². The van der Waals surface area contributed by atoms with Crippen molar-refractivity contribution >= 4 is 17.5 Å². The highest BCUT2D eigenvalue weighted by molar-refractivity contribution is 6.32. The van der Waals surface area contributed by atoms with Gasteiger partial charge in [0.1, 0.15) is 5.75 Å². The maximum Gasteiger partial charge on any atom is 0.253 e. The zero-order chi connectivity index (χ0) is 14.6. The minimum Gasteiger partial charge on any atom is -0.506 e. The lowest BCUT2D eigenvalue weighted by Gasteiger charge is -2.21. The second-order valence-corrected chi connectivity index (χ2v) is 5.50. The summed E-state index contributed by atoms with van der Waals surface area (Å²) < 4.78 is 0. The molecule has 0 aromatic heterocycles. The maximum absolute atomic E-state index is 12.1. The van der Waals surface area contributed by atoms with E-state index in [1.54, 1.807) is 18.0 Å². The number of phenols is 1. The van der Waals surface area contributed by atoms with Crippen molar-refractivity contribution in [2.75, 3.05) is 13.6 Å². The van der Waals surface area contributed by atoms with Crippen LogP contribution in [-0.2, 0) is 0 Å². The average Bonchev–Trinajstić information content (AvgIpc) is 2.37. The topological polar surface area (TPSA) is 66.6 Å². The van der Waals surface area contributed by atoms with Crippen LogP contribution in [-0.4, -0.2) is 35.5 Å². The number of nitrogens with two attached hydrogens (primary N) is 1. The largest absolute Gasteiger partial charge is 0.506 e. The van der Waals surface area contributed by atoms with Crippen LogP contribution in [0.25, 0.3) is 0 Å². The molecular weight excluding hydrogens is 264 g/mol. The Hall–Kier alpha value is -1.26. The maximum atomic E-state index is 12.1. The molecule has 0 fully saturated rings. The van der Waals surface area contributed by atoms with Crippen LogP contribution in [0.5, 0.6) is 5.75 Å². The Bertz CT molecular complexity index is 449. The highest BCUT2D eigenvalue weighted by atomic mass is 35.5. The quantitative estimate of drug-likeness (QED) is 0.873. The summed E-state index contributed by atoms with van der Waals surface area (Å²) in [6.45, 7) is 4.72. The van der Waals surface area contributed by atoms with Crippen LogP contribution in [0.4, 0.5) is 0 Å². The zero-order valence-electron chi connectivity index (χ0n) is 11.6. The van der Waals surface area contributed by atoms with Gasteiger partial charge in [0.15, 0.2) is 0 Å². The molecule has 3 N–H and O–H groups in total. The molecular formula is C14H21ClN2O2. The third-order valence-electron chi connectivity index (χ3n) is 3.20. The first-order chi connectivity index (χ1) is 8.82. The molecule has 1 rings (SSSR count). The number of hydrogen-bond donors (Lipinski definition) is 2. The van der Waals surface area contributed by atoms with E-state index in [1.165, 1.54) is 12.1 Å². The molecule has 4 nitrogen and oxygen atoms in total. The van der Waals surface area contributed by atoms with E-state index in [1.807, 2.05) is 0 Å². The van der Waals surface area contributed by atoms with E-state index in [0.29, 0.717) is 18.0 Å². The second-order valence-electron chi connectivity index (χ2n) is 5.09. The summed E-state index contributed by atoms with van der Waals surface area (Å²) in [5.41, 5.74) is 6.42. The number of carbonyl (C=O) groups is 1. The molecule has 1 atom stereocenters. The summed E-state index contributed by atoms with van der Waals surface area (Å²) in [7, 11) is 1.73. The lowest BCUT2D eigenvalue weighted by molar-refractivity contribution is 0.0789. The number of hydrogen-bond acceptors (Lipinski definition) is 3. The van der Waals surface area contributed by atoms with Gasteiger partial charge < -0.3 is 15.7 Å². The predicted molar refractivity (Wildman–Crippen MR) is 77.5 cm³/mol. The highest BCUT2D eigenvalue weighted by Crippen LogP contribution is 2.24. The van der Waals surface area contributed by atoms with E-state index in [2.05, 4.69) is 13.8 Å². The van der Waals surface area contributed by atoms with Crippen LogP contribution in [0.2, 0.25) is 5.02 Å². The zero-order valence-corrected chi connectivity index (χ0v) is 12.3. The normalized spacial score (nSPS) is 12.5. The van der Waals surface area contributed by atoms with Crippen LogP contribution in [0.3, 0.4) is 0 Å². The van der Waals surface area contributed by atoms with E-state index >= 15 is 0 Å². The Labute approximate surface area is 119 Å². The van der Waals surface area contributed by atoms with Gasteiger partial charge in [-0.05, 0) is 30.5 Å². The van der Waals surface area contributed by atoms with Crippen molar-refractivity contribution in [2.45, 2.75) is 26.3 Å². The number of rotatable bonds is 5. The van der Waals surface area contributed by atoms with E-state index in [-0.39, 0.29) is 22.7 Å². The first kappa shape index (κ1) is 15.8. The highest BCUT2D eigenvalue weighted by Gasteiger charge is 2.15. The predicted octanol–water partition coefficient (Wildman–Crippen LogP) is 2.49. The van der Waals surface area contributed by atoms with Gasteiger partial charge in [-0.2, -0.15) is 0 Å². The van der Waals surface area contributed by atoms with Gasteiger partial charge in [0.25, 0.3) is 5.91 Å². The van der Waals surface area contributed by atoms with Gasteiger partial charge in [-0.1, -0.05) is 25.4 Å². The standard InChI is InChI=1S/C14H21ClN2O2/c1-9(2)12(16)6-7-17(3)14(19)10-4-5-13(18)11(15)8-10/h4-5,8-9,12,18H,6-7,16H2,1-3H3. The number of nitrogens with zero attached hydrogens (tertiary/aromatic N) is 1. The summed E-state index contributed by atoms with van der Waals surface area (Å²) in [5, 5.41) is 9.51. The van der Waals surface area contributed by atoms with E-state index in [0.717, 1.165) is 6.42 Å². The molecule has 106 valence electrons. The molecule has 0 bridgehead atoms. The van der Waals surface area contributed by atoms with Crippen LogP contribution in [0.15, 0.2) is 18.2 Å². The Balaban J connectivity index is 2.64. The minimum absolute atomic E-state index is 0.0253. The third-order valence-corrected chi connectivity index (χ3v) is 3.50. The molecule has 1 unspecified atom stereocenters. The fraction of sp³-hybridized carbons (Fsp3) is 0.500. The number of amides is 1. The fourth-order valence-corrected chi connectivity index (χ4v) is 1.82. The van der Waals surface area contributed by atoms with Gasteiger partial charge in [0.2, 0.25) is 0 Å². The summed E-state index contributed by atoms with van der Waals surface area (Å²) in [6, 6.07) is 4.53. The number of halogens is 1. The van der Waals surface area contributed by atoms with Crippen LogP contribution >= 0.6 is 11.6 Å². The molecule has 0 saturated heterocycles. The Morgan fingerprint density at radius 2 is 2.11 bits per heavy atom. The summed E-state index contributed by atoms with van der Waals surface area (Å²) in [5.74, 6) is 0.243. The first-order valence-electron chi connectivity index (χ1n) is 6.32. The first-order valence-corrected chi connectivity index (χ1v) is 6.70. The molecule has 0 aliphatic rings. The lowest BCUT2D eigenvalue weighted by atomic mass is 10.0. The Kier molecular flexibility index (Phi) is 5.63. The summed E-state index contributed by atoms with van der Waals surface area (Å²) in [6.07, 6.45) is 0.756. The Morgan fingerprint density at radius 1 is 1.47 bits per heavy atom. The molecule has 19 heavy (non-hydrogen) atoms. The second kappa shape index (κ2) is 6.78. The van der Waals surface area contributed by atoms with Crippen molar-refractivity contribution in [1.82, 2.24) is 4.90 Å². The molecule has 0 heterocycles. The number of benzene rings is 1. The van der Waals surface area contributed by atoms with Crippen LogP contribution in [0.1, 0.15) is 30.6 Å². The van der Waals surface area contributed by atoms with Gasteiger partial charge in [0, 0.05) is 25.2 Å². The average molecular weight is 285 g/mol. The van der Waals surface area contributed by atoms with Crippen molar-refractivity contribution in [3.63, 3.8) is 0 Å². The lowest BCUT2D eigenvalue weighted by Crippen LogP contribution is -2.34. The molecule has 1 aromatic carbocycles. The third kappa shape index (κ3) is 4.40. The smallest absolute Gasteiger partial charge is 0.253 e. The number of carbonyl (C=O) groups excluding carboxylic acids is 1. The van der Waals surface area contributed by atoms with Crippen molar-refractivity contribution < 1.29 is 9.90 Å². The van der Waals surface area contributed by atoms with Crippen molar-refractivity contribution in [2.24, 2.45) is 11.7 Å². The molecule has 0 spiro atoms. The number of phenolic OH excluding ortho intramolecular Hbond substituents is 1. The van der Waals surface area contributed by atoms with Crippen LogP contribution < -0.4 is 5.73 Å². The van der Waals surface area contributed by atoms with Gasteiger partial charge in [-0.3, -0.25) is 4.79 Å². The summed E-state index contributed by atoms with van der Waals surface area (Å²) >= 11 is 5.79. The van der Waals surface area contributed by atoms with E-state index in [4.69, 9.17) is 17.3 Å². The van der Waals surface area contributed by atoms with Crippen molar-refractivity contribution in [1.29, 1.82) is 0 Å². The molecule has 1 aromatic rings. The number of aromatic hydroxyl groups is 1. The van der Waals surface area contributed by atoms with Gasteiger partial charge in [-0.15, -0.1) is 0 Å². The SMILES string of the molecule is CC(C)C(N)CCN(C)C(=O)c1ccc(O)c(Cl)c1. The van der Waals surface area contributed by atoms with Gasteiger partial charge >= 0.3 is 0 Å². The molecule has 0 saturated carbocycles. The molecule has 0 aliphatic carbocycles. The molecule has 1 amide bonds. The van der Waals surface area contributed by atoms with Crippen molar-refractivity contribution in [3.05, 3.63) is 28.8 Å². The van der Waals surface area contributed by atoms with Crippen LogP contribution in [0, 0.1) is 5.92 Å². The van der Waals surface area contributed by atoms with Crippen molar-refractivity contribution in [3.8, 4) is 5.75 Å². The summed E-state index contributed by atoms with van der Waals surface area (Å²) in [4.78, 5) is 13.8. The van der Waals surface area contributed by atoms with Gasteiger partial charge in [0.05, 0.1) is 5.02 Å².